The van der Waals surface area contributed by atoms with Crippen LogP contribution in [0.25, 0.3) is 0 Å². The van der Waals surface area contributed by atoms with Crippen molar-refractivity contribution in [3.63, 3.8) is 0 Å². The molecule has 1 N–H and O–H groups in total. The second kappa shape index (κ2) is 10.4. The summed E-state index contributed by atoms with van der Waals surface area (Å²) in [5.41, 5.74) is 1.78. The van der Waals surface area contributed by atoms with Gasteiger partial charge in [-0.1, -0.05) is 13.3 Å². The maximum atomic E-state index is 13.0. The number of hydrogen-bond donors (Lipinski definition) is 1. The predicted octanol–water partition coefficient (Wildman–Crippen LogP) is 3.72. The number of rotatable bonds is 9. The zero-order valence-corrected chi connectivity index (χ0v) is 21.6. The highest BCUT2D eigenvalue weighted by Gasteiger charge is 2.40. The van der Waals surface area contributed by atoms with Crippen LogP contribution in [0.15, 0.2) is 23.1 Å². The summed E-state index contributed by atoms with van der Waals surface area (Å²) >= 11 is 0. The van der Waals surface area contributed by atoms with E-state index < -0.39 is 10.0 Å². The number of sulfonamides is 1. The number of carbonyl (C=O) groups is 2. The minimum atomic E-state index is -3.62. The number of hydrogen-bond acceptors (Lipinski definition) is 4. The molecule has 7 nitrogen and oxygen atoms in total. The quantitative estimate of drug-likeness (QED) is 0.573. The molecule has 34 heavy (non-hydrogen) atoms. The third kappa shape index (κ3) is 5.48. The Hall–Kier alpha value is -1.93. The first kappa shape index (κ1) is 25.2. The van der Waals surface area contributed by atoms with E-state index in [9.17, 15) is 18.0 Å². The molecule has 2 aliphatic carbocycles. The van der Waals surface area contributed by atoms with Gasteiger partial charge in [-0.15, -0.1) is 0 Å². The van der Waals surface area contributed by atoms with Crippen LogP contribution in [0.2, 0.25) is 0 Å². The van der Waals surface area contributed by atoms with Crippen molar-refractivity contribution in [2.45, 2.75) is 82.6 Å². The van der Waals surface area contributed by atoms with Crippen LogP contribution in [-0.2, 0) is 26.0 Å². The largest absolute Gasteiger partial charge is 0.346 e. The summed E-state index contributed by atoms with van der Waals surface area (Å²) in [4.78, 5) is 29.3. The van der Waals surface area contributed by atoms with Crippen LogP contribution >= 0.6 is 0 Å². The number of unbranched alkanes of at least 4 members (excludes halogenated alkanes) is 1. The normalized spacial score (nSPS) is 24.7. The van der Waals surface area contributed by atoms with E-state index in [1.54, 1.807) is 18.2 Å². The van der Waals surface area contributed by atoms with Crippen molar-refractivity contribution in [2.75, 3.05) is 25.0 Å². The molecule has 0 saturated heterocycles. The number of anilines is 1. The van der Waals surface area contributed by atoms with Crippen molar-refractivity contribution in [3.05, 3.63) is 23.8 Å². The average Bonchev–Trinajstić information content (AvgIpc) is 3.62. The van der Waals surface area contributed by atoms with E-state index >= 15 is 0 Å². The molecule has 1 aromatic rings. The lowest BCUT2D eigenvalue weighted by atomic mass is 9.81. The Kier molecular flexibility index (Phi) is 7.67. The Morgan fingerprint density at radius 3 is 2.41 bits per heavy atom. The molecule has 2 amide bonds. The maximum absolute atomic E-state index is 13.0. The molecule has 1 atom stereocenters. The summed E-state index contributed by atoms with van der Waals surface area (Å²) in [5, 5.41) is 0. The first-order valence-electron chi connectivity index (χ1n) is 12.9. The van der Waals surface area contributed by atoms with Crippen LogP contribution in [0.1, 0.15) is 70.8 Å². The minimum absolute atomic E-state index is 0.0629. The second-order valence-corrected chi connectivity index (χ2v) is 12.3. The Balaban J connectivity index is 1.31. The highest BCUT2D eigenvalue weighted by Crippen LogP contribution is 2.39. The molecular formula is C26H39N3O4S. The molecule has 4 rings (SSSR count). The number of benzene rings is 1. The summed E-state index contributed by atoms with van der Waals surface area (Å²) < 4.78 is 28.8. The molecule has 0 unspecified atom stereocenters. The number of nitrogens with one attached hydrogen (secondary N) is 1. The average molecular weight is 490 g/mol. The molecule has 0 spiro atoms. The molecule has 1 heterocycles. The van der Waals surface area contributed by atoms with E-state index in [1.165, 1.54) is 0 Å². The SMILES string of the molecule is CCCCN(C)C(=O)C1CCC(CNS(=O)(=O)c2ccc3c(c2)C[C@H](C)N3C(=O)C2CC2)CC1. The molecule has 0 radical (unpaired) electrons. The fourth-order valence-electron chi connectivity index (χ4n) is 5.38. The summed E-state index contributed by atoms with van der Waals surface area (Å²) in [6.07, 6.45) is 8.06. The standard InChI is InChI=1S/C26H39N3O4S/c1-4-5-14-28(3)25(30)20-8-6-19(7-9-20)17-27-34(32,33)23-12-13-24-22(16-23)15-18(2)29(24)26(31)21-10-11-21/h12-13,16,18-21,27H,4-11,14-15,17H2,1-3H3/t18-,19?,20?/m0/s1. The third-order valence-corrected chi connectivity index (χ3v) is 9.14. The van der Waals surface area contributed by atoms with E-state index in [2.05, 4.69) is 11.6 Å². The van der Waals surface area contributed by atoms with E-state index in [4.69, 9.17) is 0 Å². The molecule has 0 bridgehead atoms. The number of carbonyl (C=O) groups excluding carboxylic acids is 2. The predicted molar refractivity (Wildman–Crippen MR) is 133 cm³/mol. The van der Waals surface area contributed by atoms with E-state index in [0.717, 1.165) is 69.2 Å². The Bertz CT molecular complexity index is 1010. The van der Waals surface area contributed by atoms with Gasteiger partial charge < -0.3 is 9.80 Å². The van der Waals surface area contributed by atoms with Crippen molar-refractivity contribution in [1.82, 2.24) is 9.62 Å². The number of amides is 2. The Morgan fingerprint density at radius 1 is 1.09 bits per heavy atom. The maximum Gasteiger partial charge on any atom is 0.240 e. The van der Waals surface area contributed by atoms with E-state index in [-0.39, 0.29) is 40.5 Å². The molecule has 2 fully saturated rings. The minimum Gasteiger partial charge on any atom is -0.346 e. The van der Waals surface area contributed by atoms with Gasteiger partial charge >= 0.3 is 0 Å². The molecule has 0 aromatic heterocycles. The molecule has 1 aliphatic heterocycles. The van der Waals surface area contributed by atoms with Crippen molar-refractivity contribution in [1.29, 1.82) is 0 Å². The number of fused-ring (bicyclic) bond motifs is 1. The van der Waals surface area contributed by atoms with Gasteiger partial charge in [0, 0.05) is 43.7 Å². The third-order valence-electron chi connectivity index (χ3n) is 7.72. The van der Waals surface area contributed by atoms with Gasteiger partial charge in [0.15, 0.2) is 0 Å². The van der Waals surface area contributed by atoms with Crippen LogP contribution in [0.5, 0.6) is 0 Å². The number of nitrogens with zero attached hydrogens (tertiary/aromatic N) is 2. The lowest BCUT2D eigenvalue weighted by Crippen LogP contribution is -2.37. The van der Waals surface area contributed by atoms with Crippen LogP contribution in [-0.4, -0.2) is 51.3 Å². The van der Waals surface area contributed by atoms with Gasteiger partial charge in [0.25, 0.3) is 0 Å². The van der Waals surface area contributed by atoms with Gasteiger partial charge in [0.2, 0.25) is 21.8 Å². The molecule has 3 aliphatic rings. The van der Waals surface area contributed by atoms with Crippen molar-refractivity contribution in [3.8, 4) is 0 Å². The second-order valence-electron chi connectivity index (χ2n) is 10.5. The van der Waals surface area contributed by atoms with Crippen molar-refractivity contribution >= 4 is 27.5 Å². The van der Waals surface area contributed by atoms with Crippen LogP contribution < -0.4 is 9.62 Å². The van der Waals surface area contributed by atoms with Crippen LogP contribution in [0.4, 0.5) is 5.69 Å². The molecule has 1 aromatic carbocycles. The highest BCUT2D eigenvalue weighted by atomic mass is 32.2. The summed E-state index contributed by atoms with van der Waals surface area (Å²) in [6.45, 7) is 5.35. The molecule has 2 saturated carbocycles. The zero-order valence-electron chi connectivity index (χ0n) is 20.8. The van der Waals surface area contributed by atoms with E-state index in [1.807, 2.05) is 23.8 Å². The summed E-state index contributed by atoms with van der Waals surface area (Å²) in [6, 6.07) is 5.21. The van der Waals surface area contributed by atoms with Gasteiger partial charge in [-0.25, -0.2) is 13.1 Å². The molecule has 188 valence electrons. The Morgan fingerprint density at radius 2 is 1.76 bits per heavy atom. The van der Waals surface area contributed by atoms with Gasteiger partial charge in [-0.2, -0.15) is 0 Å². The van der Waals surface area contributed by atoms with Crippen molar-refractivity contribution < 1.29 is 18.0 Å². The highest BCUT2D eigenvalue weighted by molar-refractivity contribution is 7.89. The van der Waals surface area contributed by atoms with Crippen LogP contribution in [0, 0.1) is 17.8 Å². The van der Waals surface area contributed by atoms with E-state index in [0.29, 0.717) is 13.0 Å². The van der Waals surface area contributed by atoms with Gasteiger partial charge in [0.05, 0.1) is 4.90 Å². The fourth-order valence-corrected chi connectivity index (χ4v) is 6.55. The lowest BCUT2D eigenvalue weighted by molar-refractivity contribution is -0.135. The molecule has 8 heteroatoms. The zero-order chi connectivity index (χ0) is 24.5. The van der Waals surface area contributed by atoms with Gasteiger partial charge in [-0.3, -0.25) is 9.59 Å². The van der Waals surface area contributed by atoms with Crippen molar-refractivity contribution in [2.24, 2.45) is 17.8 Å². The Labute approximate surface area is 204 Å². The first-order chi connectivity index (χ1) is 16.2. The summed E-state index contributed by atoms with van der Waals surface area (Å²) in [5.74, 6) is 0.857. The topological polar surface area (TPSA) is 86.8 Å². The summed E-state index contributed by atoms with van der Waals surface area (Å²) in [7, 11) is -1.74. The van der Waals surface area contributed by atoms with Gasteiger partial charge in [0.1, 0.15) is 0 Å². The van der Waals surface area contributed by atoms with Crippen LogP contribution in [0.3, 0.4) is 0 Å². The lowest BCUT2D eigenvalue weighted by Gasteiger charge is -2.30. The molecular weight excluding hydrogens is 450 g/mol. The first-order valence-corrected chi connectivity index (χ1v) is 14.4. The smallest absolute Gasteiger partial charge is 0.240 e. The fraction of sp³-hybridized carbons (Fsp3) is 0.692. The monoisotopic (exact) mass is 489 g/mol. The van der Waals surface area contributed by atoms with Gasteiger partial charge in [-0.05, 0) is 88.0 Å².